The van der Waals surface area contributed by atoms with E-state index in [1.165, 1.54) is 12.4 Å². The van der Waals surface area contributed by atoms with Crippen LogP contribution < -0.4 is 11.1 Å². The normalized spacial score (nSPS) is 15.0. The lowest BCUT2D eigenvalue weighted by Crippen LogP contribution is -2.41. The van der Waals surface area contributed by atoms with Gasteiger partial charge in [-0.05, 0) is 24.5 Å². The van der Waals surface area contributed by atoms with E-state index in [9.17, 15) is 9.59 Å². The average molecular weight is 340 g/mol. The number of piperidine rings is 1. The second-order valence-electron chi connectivity index (χ2n) is 5.98. The highest BCUT2D eigenvalue weighted by Gasteiger charge is 2.26. The van der Waals surface area contributed by atoms with Gasteiger partial charge in [-0.15, -0.1) is 0 Å². The van der Waals surface area contributed by atoms with E-state index in [0.29, 0.717) is 44.0 Å². The maximum absolute atomic E-state index is 12.5. The number of primary amides is 1. The summed E-state index contributed by atoms with van der Waals surface area (Å²) >= 11 is 0. The first kappa shape index (κ1) is 16.8. The molecule has 130 valence electrons. The van der Waals surface area contributed by atoms with Gasteiger partial charge in [0.2, 0.25) is 11.9 Å². The Kier molecular flexibility index (Phi) is 5.17. The highest BCUT2D eigenvalue weighted by molar-refractivity contribution is 5.93. The number of pyridine rings is 1. The largest absolute Gasteiger partial charge is 0.369 e. The smallest absolute Gasteiger partial charge is 0.256 e. The van der Waals surface area contributed by atoms with Crippen LogP contribution in [0.2, 0.25) is 0 Å². The fraction of sp³-hybridized carbons (Fsp3) is 0.353. The summed E-state index contributed by atoms with van der Waals surface area (Å²) in [4.78, 5) is 37.8. The van der Waals surface area contributed by atoms with Crippen LogP contribution >= 0.6 is 0 Å². The summed E-state index contributed by atoms with van der Waals surface area (Å²) in [6, 6.07) is 3.81. The molecule has 8 heteroatoms. The molecule has 1 aliphatic heterocycles. The minimum Gasteiger partial charge on any atom is -0.369 e. The SMILES string of the molecule is NC(=O)C1CCN(C(=O)c2cnc(NCc3cccnc3)nc2)CC1. The predicted octanol–water partition coefficient (Wildman–Crippen LogP) is 0.821. The highest BCUT2D eigenvalue weighted by atomic mass is 16.2. The van der Waals surface area contributed by atoms with E-state index in [2.05, 4.69) is 20.3 Å². The maximum Gasteiger partial charge on any atom is 0.256 e. The third kappa shape index (κ3) is 4.28. The van der Waals surface area contributed by atoms with E-state index in [1.807, 2.05) is 12.1 Å². The van der Waals surface area contributed by atoms with Crippen molar-refractivity contribution in [1.29, 1.82) is 0 Å². The van der Waals surface area contributed by atoms with Gasteiger partial charge >= 0.3 is 0 Å². The van der Waals surface area contributed by atoms with E-state index in [4.69, 9.17) is 5.73 Å². The number of rotatable bonds is 5. The minimum absolute atomic E-state index is 0.123. The number of nitrogens with zero attached hydrogens (tertiary/aromatic N) is 4. The van der Waals surface area contributed by atoms with Crippen molar-refractivity contribution in [3.63, 3.8) is 0 Å². The van der Waals surface area contributed by atoms with Gasteiger partial charge in [0, 0.05) is 50.3 Å². The Hall–Kier alpha value is -3.03. The quantitative estimate of drug-likeness (QED) is 0.833. The van der Waals surface area contributed by atoms with E-state index < -0.39 is 0 Å². The highest BCUT2D eigenvalue weighted by Crippen LogP contribution is 2.18. The van der Waals surface area contributed by atoms with E-state index in [-0.39, 0.29) is 17.7 Å². The molecule has 3 N–H and O–H groups in total. The zero-order valence-electron chi connectivity index (χ0n) is 13.8. The number of nitrogens with two attached hydrogens (primary N) is 1. The van der Waals surface area contributed by atoms with Gasteiger partial charge in [-0.25, -0.2) is 9.97 Å². The van der Waals surface area contributed by atoms with Crippen LogP contribution in [0.25, 0.3) is 0 Å². The van der Waals surface area contributed by atoms with Crippen molar-refractivity contribution in [3.8, 4) is 0 Å². The van der Waals surface area contributed by atoms with Gasteiger partial charge < -0.3 is 16.0 Å². The Labute approximate surface area is 145 Å². The summed E-state index contributed by atoms with van der Waals surface area (Å²) in [6.07, 6.45) is 7.72. The van der Waals surface area contributed by atoms with Crippen LogP contribution in [0.3, 0.4) is 0 Å². The number of likely N-dealkylation sites (tertiary alicyclic amines) is 1. The second kappa shape index (κ2) is 7.69. The zero-order chi connectivity index (χ0) is 17.6. The van der Waals surface area contributed by atoms with Crippen molar-refractivity contribution in [2.75, 3.05) is 18.4 Å². The number of aromatic nitrogens is 3. The van der Waals surface area contributed by atoms with Gasteiger partial charge in [0.1, 0.15) is 0 Å². The Balaban J connectivity index is 1.55. The maximum atomic E-state index is 12.5. The summed E-state index contributed by atoms with van der Waals surface area (Å²) in [6.45, 7) is 1.60. The molecule has 1 saturated heterocycles. The Morgan fingerprint density at radius 3 is 2.52 bits per heavy atom. The molecule has 0 unspecified atom stereocenters. The van der Waals surface area contributed by atoms with Crippen molar-refractivity contribution >= 4 is 17.8 Å². The average Bonchev–Trinajstić information content (AvgIpc) is 2.67. The van der Waals surface area contributed by atoms with Crippen molar-refractivity contribution < 1.29 is 9.59 Å². The van der Waals surface area contributed by atoms with Crippen molar-refractivity contribution in [3.05, 3.63) is 48.0 Å². The summed E-state index contributed by atoms with van der Waals surface area (Å²) in [5, 5.41) is 3.09. The molecule has 0 aliphatic carbocycles. The van der Waals surface area contributed by atoms with Crippen LogP contribution in [0.15, 0.2) is 36.9 Å². The number of carbonyl (C=O) groups excluding carboxylic acids is 2. The van der Waals surface area contributed by atoms with Gasteiger partial charge in [-0.3, -0.25) is 14.6 Å². The van der Waals surface area contributed by atoms with Gasteiger partial charge in [0.05, 0.1) is 5.56 Å². The number of nitrogens with one attached hydrogen (secondary N) is 1. The first-order valence-electron chi connectivity index (χ1n) is 8.17. The molecule has 2 aromatic heterocycles. The number of hydrogen-bond acceptors (Lipinski definition) is 6. The summed E-state index contributed by atoms with van der Waals surface area (Å²) < 4.78 is 0. The van der Waals surface area contributed by atoms with Gasteiger partial charge in [-0.2, -0.15) is 0 Å². The van der Waals surface area contributed by atoms with Crippen molar-refractivity contribution in [1.82, 2.24) is 19.9 Å². The molecule has 2 aromatic rings. The van der Waals surface area contributed by atoms with Crippen LogP contribution in [0, 0.1) is 5.92 Å². The fourth-order valence-corrected chi connectivity index (χ4v) is 2.76. The molecule has 0 aromatic carbocycles. The lowest BCUT2D eigenvalue weighted by atomic mass is 9.96. The predicted molar refractivity (Wildman–Crippen MR) is 91.4 cm³/mol. The van der Waals surface area contributed by atoms with E-state index in [0.717, 1.165) is 5.56 Å². The lowest BCUT2D eigenvalue weighted by molar-refractivity contribution is -0.123. The Morgan fingerprint density at radius 2 is 1.92 bits per heavy atom. The first-order chi connectivity index (χ1) is 12.1. The molecule has 0 atom stereocenters. The van der Waals surface area contributed by atoms with Crippen LogP contribution in [0.5, 0.6) is 0 Å². The van der Waals surface area contributed by atoms with Gasteiger partial charge in [0.15, 0.2) is 0 Å². The molecule has 0 saturated carbocycles. The molecule has 0 radical (unpaired) electrons. The molecular formula is C17H20N6O2. The lowest BCUT2D eigenvalue weighted by Gasteiger charge is -2.30. The number of anilines is 1. The molecule has 2 amide bonds. The molecule has 3 heterocycles. The Morgan fingerprint density at radius 1 is 1.20 bits per heavy atom. The summed E-state index contributed by atoms with van der Waals surface area (Å²) in [5.41, 5.74) is 6.77. The molecule has 0 bridgehead atoms. The monoisotopic (exact) mass is 340 g/mol. The van der Waals surface area contributed by atoms with Crippen LogP contribution in [0.4, 0.5) is 5.95 Å². The number of hydrogen-bond donors (Lipinski definition) is 2. The number of amides is 2. The summed E-state index contributed by atoms with van der Waals surface area (Å²) in [7, 11) is 0. The second-order valence-corrected chi connectivity index (χ2v) is 5.98. The van der Waals surface area contributed by atoms with E-state index in [1.54, 1.807) is 17.3 Å². The molecule has 0 spiro atoms. The topological polar surface area (TPSA) is 114 Å². The van der Waals surface area contributed by atoms with Crippen molar-refractivity contribution in [2.45, 2.75) is 19.4 Å². The van der Waals surface area contributed by atoms with Crippen LogP contribution in [-0.4, -0.2) is 44.8 Å². The molecular weight excluding hydrogens is 320 g/mol. The molecule has 8 nitrogen and oxygen atoms in total. The molecule has 1 fully saturated rings. The summed E-state index contributed by atoms with van der Waals surface area (Å²) in [5.74, 6) is -0.103. The van der Waals surface area contributed by atoms with Gasteiger partial charge in [-0.1, -0.05) is 6.07 Å². The van der Waals surface area contributed by atoms with Gasteiger partial charge in [0.25, 0.3) is 5.91 Å². The standard InChI is InChI=1S/C17H20N6O2/c18-15(24)13-3-6-23(7-4-13)16(25)14-10-21-17(22-11-14)20-9-12-2-1-5-19-8-12/h1-2,5,8,10-11,13H,3-4,6-7,9H2,(H2,18,24)(H,20,21,22). The van der Waals surface area contributed by atoms with Crippen LogP contribution in [0.1, 0.15) is 28.8 Å². The van der Waals surface area contributed by atoms with Crippen molar-refractivity contribution in [2.24, 2.45) is 11.7 Å². The van der Waals surface area contributed by atoms with Crippen LogP contribution in [-0.2, 0) is 11.3 Å². The third-order valence-electron chi connectivity index (χ3n) is 4.26. The third-order valence-corrected chi connectivity index (χ3v) is 4.26. The number of carbonyl (C=O) groups is 2. The van der Waals surface area contributed by atoms with E-state index >= 15 is 0 Å². The Bertz CT molecular complexity index is 727. The minimum atomic E-state index is -0.292. The molecule has 1 aliphatic rings. The molecule has 3 rings (SSSR count). The molecule has 25 heavy (non-hydrogen) atoms. The zero-order valence-corrected chi connectivity index (χ0v) is 13.8. The first-order valence-corrected chi connectivity index (χ1v) is 8.17. The fourth-order valence-electron chi connectivity index (χ4n) is 2.76.